The molecule has 1 rings (SSSR count). The number of esters is 1. The van der Waals surface area contributed by atoms with Gasteiger partial charge in [0, 0.05) is 0 Å². The summed E-state index contributed by atoms with van der Waals surface area (Å²) in [5.74, 6) is -0.377. The smallest absolute Gasteiger partial charge is 0.339 e. The quantitative estimate of drug-likeness (QED) is 0.551. The van der Waals surface area contributed by atoms with Crippen molar-refractivity contribution in [3.8, 4) is 0 Å². The van der Waals surface area contributed by atoms with E-state index in [1.54, 1.807) is 12.1 Å². The van der Waals surface area contributed by atoms with E-state index in [0.717, 1.165) is 6.42 Å². The number of carbonyl (C=O) groups is 1. The molecule has 0 aliphatic carbocycles. The van der Waals surface area contributed by atoms with E-state index in [-0.39, 0.29) is 12.0 Å². The average Bonchev–Trinajstić information content (AvgIpc) is 2.18. The summed E-state index contributed by atoms with van der Waals surface area (Å²) in [5.41, 5.74) is 1.74. The molecule has 0 radical (unpaired) electrons. The Balaban J connectivity index is 2.74. The Kier molecular flexibility index (Phi) is 3.77. The minimum Gasteiger partial charge on any atom is -0.446 e. The van der Waals surface area contributed by atoms with Crippen LogP contribution in [0.5, 0.6) is 0 Å². The molecular weight excluding hydrogens is 188 g/mol. The van der Waals surface area contributed by atoms with Crippen LogP contribution in [0, 0.1) is 0 Å². The Labute approximate surface area is 82.5 Å². The summed E-state index contributed by atoms with van der Waals surface area (Å²) >= 11 is 5.26. The van der Waals surface area contributed by atoms with Gasteiger partial charge in [0.1, 0.15) is 0 Å². The van der Waals surface area contributed by atoms with Gasteiger partial charge in [-0.15, -0.1) is 0 Å². The van der Waals surface area contributed by atoms with E-state index < -0.39 is 0 Å². The van der Waals surface area contributed by atoms with Crippen LogP contribution in [0.4, 0.5) is 0 Å². The second-order valence-corrected chi connectivity index (χ2v) is 2.81. The molecular formula is C10H11ClO2. The van der Waals surface area contributed by atoms with Gasteiger partial charge in [0.2, 0.25) is 0 Å². The third-order valence-corrected chi connectivity index (χ3v) is 1.89. The van der Waals surface area contributed by atoms with Gasteiger partial charge in [-0.1, -0.05) is 30.7 Å². The van der Waals surface area contributed by atoms with E-state index in [1.165, 1.54) is 5.56 Å². The summed E-state index contributed by atoms with van der Waals surface area (Å²) in [6.07, 6.45) is 0.963. The lowest BCUT2D eigenvalue weighted by Gasteiger charge is -2.01. The number of alkyl halides is 1. The molecule has 0 saturated heterocycles. The van der Waals surface area contributed by atoms with Gasteiger partial charge < -0.3 is 4.74 Å². The average molecular weight is 199 g/mol. The number of benzene rings is 1. The highest BCUT2D eigenvalue weighted by Gasteiger charge is 2.04. The summed E-state index contributed by atoms with van der Waals surface area (Å²) < 4.78 is 4.63. The van der Waals surface area contributed by atoms with Crippen LogP contribution in [0.3, 0.4) is 0 Å². The first kappa shape index (κ1) is 10.1. The van der Waals surface area contributed by atoms with Crippen LogP contribution in [0.1, 0.15) is 22.8 Å². The summed E-state index contributed by atoms with van der Waals surface area (Å²) in [5, 5.41) is 0. The van der Waals surface area contributed by atoms with Gasteiger partial charge in [-0.3, -0.25) is 0 Å². The first-order valence-electron chi connectivity index (χ1n) is 4.10. The van der Waals surface area contributed by atoms with Crippen molar-refractivity contribution in [2.24, 2.45) is 0 Å². The summed E-state index contributed by atoms with van der Waals surface area (Å²) in [7, 11) is 0. The fraction of sp³-hybridized carbons (Fsp3) is 0.300. The highest BCUT2D eigenvalue weighted by molar-refractivity contribution is 6.17. The zero-order chi connectivity index (χ0) is 9.68. The normalized spacial score (nSPS) is 9.69. The standard InChI is InChI=1S/C10H11ClO2/c1-2-8-3-5-9(6-4-8)10(12)13-7-11/h3-6H,2,7H2,1H3. The number of hydrogen-bond acceptors (Lipinski definition) is 2. The SMILES string of the molecule is CCc1ccc(C(=O)OCCl)cc1. The first-order chi connectivity index (χ1) is 6.27. The van der Waals surface area contributed by atoms with Crippen LogP contribution in [0.15, 0.2) is 24.3 Å². The topological polar surface area (TPSA) is 26.3 Å². The third kappa shape index (κ3) is 2.74. The largest absolute Gasteiger partial charge is 0.446 e. The molecule has 0 bridgehead atoms. The second-order valence-electron chi connectivity index (χ2n) is 2.59. The molecule has 0 spiro atoms. The second kappa shape index (κ2) is 4.87. The maximum Gasteiger partial charge on any atom is 0.339 e. The lowest BCUT2D eigenvalue weighted by atomic mass is 10.1. The minimum atomic E-state index is -0.377. The predicted octanol–water partition coefficient (Wildman–Crippen LogP) is 2.60. The lowest BCUT2D eigenvalue weighted by molar-refractivity contribution is 0.0574. The molecule has 1 aromatic carbocycles. The molecule has 1 aromatic rings. The van der Waals surface area contributed by atoms with Gasteiger partial charge in [-0.2, -0.15) is 0 Å². The molecule has 3 heteroatoms. The summed E-state index contributed by atoms with van der Waals surface area (Å²) in [6, 6.07) is 7.20. The lowest BCUT2D eigenvalue weighted by Crippen LogP contribution is -2.03. The maximum absolute atomic E-state index is 11.1. The van der Waals surface area contributed by atoms with Crippen molar-refractivity contribution in [3.05, 3.63) is 35.4 Å². The molecule has 0 amide bonds. The van der Waals surface area contributed by atoms with Crippen molar-refractivity contribution >= 4 is 17.6 Å². The maximum atomic E-state index is 11.1. The molecule has 0 aromatic heterocycles. The molecule has 0 saturated carbocycles. The number of hydrogen-bond donors (Lipinski definition) is 0. The highest BCUT2D eigenvalue weighted by atomic mass is 35.5. The van der Waals surface area contributed by atoms with Gasteiger partial charge in [-0.25, -0.2) is 4.79 Å². The van der Waals surface area contributed by atoms with Crippen molar-refractivity contribution in [1.82, 2.24) is 0 Å². The van der Waals surface area contributed by atoms with Crippen molar-refractivity contribution in [1.29, 1.82) is 0 Å². The Morgan fingerprint density at radius 2 is 2.00 bits per heavy atom. The number of carbonyl (C=O) groups excluding carboxylic acids is 1. The highest BCUT2D eigenvalue weighted by Crippen LogP contribution is 2.06. The molecule has 0 fully saturated rings. The molecule has 0 aliphatic heterocycles. The summed E-state index contributed by atoms with van der Waals surface area (Å²) in [4.78, 5) is 11.1. The van der Waals surface area contributed by atoms with Crippen molar-refractivity contribution in [3.63, 3.8) is 0 Å². The van der Waals surface area contributed by atoms with Crippen LogP contribution in [-0.4, -0.2) is 12.0 Å². The zero-order valence-corrected chi connectivity index (χ0v) is 8.17. The van der Waals surface area contributed by atoms with Gasteiger partial charge in [0.25, 0.3) is 0 Å². The molecule has 2 nitrogen and oxygen atoms in total. The molecule has 70 valence electrons. The van der Waals surface area contributed by atoms with E-state index in [1.807, 2.05) is 12.1 Å². The summed E-state index contributed by atoms with van der Waals surface area (Å²) in [6.45, 7) is 2.06. The van der Waals surface area contributed by atoms with Gasteiger partial charge in [0.05, 0.1) is 5.56 Å². The number of ether oxygens (including phenoxy) is 1. The van der Waals surface area contributed by atoms with Crippen molar-refractivity contribution in [2.75, 3.05) is 6.07 Å². The van der Waals surface area contributed by atoms with Crippen LogP contribution in [0.2, 0.25) is 0 Å². The Bertz CT molecular complexity index is 279. The first-order valence-corrected chi connectivity index (χ1v) is 4.63. The van der Waals surface area contributed by atoms with Crippen molar-refractivity contribution < 1.29 is 9.53 Å². The third-order valence-electron chi connectivity index (χ3n) is 1.78. The van der Waals surface area contributed by atoms with Crippen LogP contribution < -0.4 is 0 Å². The van der Waals surface area contributed by atoms with E-state index in [4.69, 9.17) is 11.6 Å². The van der Waals surface area contributed by atoms with Crippen LogP contribution >= 0.6 is 11.6 Å². The monoisotopic (exact) mass is 198 g/mol. The Morgan fingerprint density at radius 3 is 2.46 bits per heavy atom. The van der Waals surface area contributed by atoms with E-state index >= 15 is 0 Å². The van der Waals surface area contributed by atoms with Crippen LogP contribution in [0.25, 0.3) is 0 Å². The molecule has 0 heterocycles. The van der Waals surface area contributed by atoms with Gasteiger partial charge in [-0.05, 0) is 24.1 Å². The number of halogens is 1. The van der Waals surface area contributed by atoms with Crippen molar-refractivity contribution in [2.45, 2.75) is 13.3 Å². The Morgan fingerprint density at radius 1 is 1.38 bits per heavy atom. The Hall–Kier alpha value is -1.02. The molecule has 0 aliphatic rings. The number of rotatable bonds is 3. The fourth-order valence-corrected chi connectivity index (χ4v) is 1.11. The predicted molar refractivity (Wildman–Crippen MR) is 52.0 cm³/mol. The number of aryl methyl sites for hydroxylation is 1. The van der Waals surface area contributed by atoms with Crippen LogP contribution in [-0.2, 0) is 11.2 Å². The van der Waals surface area contributed by atoms with Gasteiger partial charge in [0.15, 0.2) is 6.07 Å². The molecule has 0 N–H and O–H groups in total. The van der Waals surface area contributed by atoms with Gasteiger partial charge >= 0.3 is 5.97 Å². The molecule has 13 heavy (non-hydrogen) atoms. The van der Waals surface area contributed by atoms with E-state index in [2.05, 4.69) is 11.7 Å². The fourth-order valence-electron chi connectivity index (χ4n) is 1.01. The molecule has 0 unspecified atom stereocenters. The zero-order valence-electron chi connectivity index (χ0n) is 7.42. The molecule has 0 atom stereocenters. The van der Waals surface area contributed by atoms with E-state index in [0.29, 0.717) is 5.56 Å². The van der Waals surface area contributed by atoms with E-state index in [9.17, 15) is 4.79 Å². The minimum absolute atomic E-state index is 0.103.